The van der Waals surface area contributed by atoms with Crippen LogP contribution < -0.4 is 21.3 Å². The zero-order valence-corrected chi connectivity index (χ0v) is 19.1. The number of aromatic nitrogens is 6. The molecule has 0 aliphatic carbocycles. The Morgan fingerprint density at radius 1 is 1.03 bits per heavy atom. The number of hydrogen-bond acceptors (Lipinski definition) is 8. The van der Waals surface area contributed by atoms with Crippen LogP contribution in [0.3, 0.4) is 0 Å². The largest absolute Gasteiger partial charge is 0.383 e. The third-order valence-electron chi connectivity index (χ3n) is 5.43. The van der Waals surface area contributed by atoms with Crippen molar-refractivity contribution < 1.29 is 4.79 Å². The minimum atomic E-state index is -0.568. The van der Waals surface area contributed by atoms with Gasteiger partial charge in [-0.25, -0.2) is 9.97 Å². The smallest absolute Gasteiger partial charge is 0.254 e. The average molecular weight is 469 g/mol. The van der Waals surface area contributed by atoms with E-state index in [1.807, 2.05) is 13.0 Å². The van der Waals surface area contributed by atoms with Crippen molar-refractivity contribution in [2.75, 3.05) is 41.7 Å². The Labute approximate surface area is 195 Å². The Bertz CT molecular complexity index is 1280. The highest BCUT2D eigenvalue weighted by Gasteiger charge is 2.22. The number of amides is 1. The van der Waals surface area contributed by atoms with Crippen LogP contribution in [-0.4, -0.2) is 62.4 Å². The number of halogens is 1. The van der Waals surface area contributed by atoms with Crippen LogP contribution in [0.15, 0.2) is 30.6 Å². The number of aromatic amines is 2. The number of benzene rings is 1. The fourth-order valence-corrected chi connectivity index (χ4v) is 3.91. The quantitative estimate of drug-likeness (QED) is 0.355. The Kier molecular flexibility index (Phi) is 6.31. The monoisotopic (exact) mass is 468 g/mol. The maximum atomic E-state index is 10.4. The van der Waals surface area contributed by atoms with Crippen LogP contribution in [-0.2, 0) is 0 Å². The number of nitrogens with zero attached hydrogens (tertiary/aromatic N) is 6. The minimum Gasteiger partial charge on any atom is -0.383 e. The minimum absolute atomic E-state index is 0.211. The zero-order valence-electron chi connectivity index (χ0n) is 18.3. The maximum Gasteiger partial charge on any atom is 0.254 e. The fraction of sp³-hybridized carbons (Fsp3) is 0.286. The van der Waals surface area contributed by atoms with Gasteiger partial charge in [0, 0.05) is 36.9 Å². The maximum absolute atomic E-state index is 10.4. The molecule has 1 amide bonds. The molecule has 6 N–H and O–H groups in total. The number of primary amides is 1. The van der Waals surface area contributed by atoms with Gasteiger partial charge in [0.1, 0.15) is 23.0 Å². The molecule has 0 unspecified atom stereocenters. The predicted molar refractivity (Wildman–Crippen MR) is 129 cm³/mol. The van der Waals surface area contributed by atoms with Crippen LogP contribution in [0, 0.1) is 13.8 Å². The number of hydrogen-bond donors (Lipinski definition) is 4. The van der Waals surface area contributed by atoms with Gasteiger partial charge in [0.05, 0.1) is 17.8 Å². The summed E-state index contributed by atoms with van der Waals surface area (Å²) in [5.74, 6) is 1.37. The van der Waals surface area contributed by atoms with Gasteiger partial charge in [-0.3, -0.25) is 15.0 Å². The molecule has 0 atom stereocenters. The highest BCUT2D eigenvalue weighted by Crippen LogP contribution is 2.28. The van der Waals surface area contributed by atoms with Gasteiger partial charge in [-0.2, -0.15) is 10.2 Å². The van der Waals surface area contributed by atoms with Crippen molar-refractivity contribution in [1.82, 2.24) is 30.4 Å². The highest BCUT2D eigenvalue weighted by molar-refractivity contribution is 6.30. The average Bonchev–Trinajstić information content (AvgIpc) is 3.44. The van der Waals surface area contributed by atoms with E-state index in [1.54, 1.807) is 6.20 Å². The summed E-state index contributed by atoms with van der Waals surface area (Å²) in [4.78, 5) is 24.1. The molecule has 1 aromatic carbocycles. The van der Waals surface area contributed by atoms with Crippen LogP contribution in [0.2, 0.25) is 5.02 Å². The Hall–Kier alpha value is -3.86. The summed E-state index contributed by atoms with van der Waals surface area (Å²) < 4.78 is 0. The van der Waals surface area contributed by atoms with Gasteiger partial charge >= 0.3 is 0 Å². The first kappa shape index (κ1) is 22.3. The van der Waals surface area contributed by atoms with Gasteiger partial charge in [0.15, 0.2) is 5.65 Å². The van der Waals surface area contributed by atoms with E-state index < -0.39 is 5.91 Å². The van der Waals surface area contributed by atoms with Crippen LogP contribution >= 0.6 is 11.6 Å². The van der Waals surface area contributed by atoms with E-state index in [-0.39, 0.29) is 11.4 Å². The zero-order chi connectivity index (χ0) is 23.5. The number of anilines is 3. The lowest BCUT2D eigenvalue weighted by Gasteiger charge is -2.37. The number of rotatable bonds is 3. The molecule has 0 bridgehead atoms. The van der Waals surface area contributed by atoms with E-state index >= 15 is 0 Å². The molecule has 0 radical (unpaired) electrons. The number of nitrogens with one attached hydrogen (secondary N) is 2. The molecule has 4 heterocycles. The molecule has 1 saturated heterocycles. The number of aryl methyl sites for hydroxylation is 2. The third-order valence-corrected chi connectivity index (χ3v) is 5.66. The second-order valence-corrected chi connectivity index (χ2v) is 8.13. The third kappa shape index (κ3) is 4.82. The normalized spacial score (nSPS) is 13.7. The molecule has 5 rings (SSSR count). The summed E-state index contributed by atoms with van der Waals surface area (Å²) in [6.07, 6.45) is 3.09. The van der Waals surface area contributed by atoms with Crippen molar-refractivity contribution in [1.29, 1.82) is 0 Å². The molecule has 3 aromatic heterocycles. The number of carbonyl (C=O) groups excluding carboxylic acids is 1. The van der Waals surface area contributed by atoms with E-state index in [9.17, 15) is 4.79 Å². The Morgan fingerprint density at radius 3 is 2.36 bits per heavy atom. The summed E-state index contributed by atoms with van der Waals surface area (Å²) in [6, 6.07) is 6.07. The number of nitrogens with two attached hydrogens (primary N) is 2. The van der Waals surface area contributed by atoms with Gasteiger partial charge in [0.2, 0.25) is 0 Å². The van der Waals surface area contributed by atoms with Gasteiger partial charge in [-0.1, -0.05) is 17.7 Å². The lowest BCUT2D eigenvalue weighted by atomic mass is 10.1. The van der Waals surface area contributed by atoms with Crippen LogP contribution in [0.5, 0.6) is 0 Å². The summed E-state index contributed by atoms with van der Waals surface area (Å²) in [5, 5.41) is 14.7. The SMILES string of the molecule is Cc1nc(N2CCN(c3cc(Cl)ccc3C)CC2)c2cn[nH]c2n1.NC(=O)c1cn[nH]c1N. The standard InChI is InChI=1S/C17H19ClN6.C4H6N4O/c1-11-3-4-13(18)9-15(11)23-5-7-24(8-6-23)17-14-10-19-22-16(14)20-12(2)21-17;5-3-2(4(6)9)1-7-8-3/h3-4,9-10H,5-8H2,1-2H3,(H,19,20,21,22);1H,(H2,6,9)(H3,5,7,8). The van der Waals surface area contributed by atoms with E-state index in [0.29, 0.717) is 0 Å². The van der Waals surface area contributed by atoms with Crippen LogP contribution in [0.1, 0.15) is 21.7 Å². The van der Waals surface area contributed by atoms with Crippen LogP contribution in [0.4, 0.5) is 17.3 Å². The first-order valence-electron chi connectivity index (χ1n) is 10.4. The number of fused-ring (bicyclic) bond motifs is 1. The summed E-state index contributed by atoms with van der Waals surface area (Å²) >= 11 is 6.17. The van der Waals surface area contributed by atoms with Gasteiger partial charge in [-0.05, 0) is 31.5 Å². The molecule has 0 spiro atoms. The number of carbonyl (C=O) groups is 1. The molecular formula is C21H25ClN10O. The fourth-order valence-electron chi connectivity index (χ4n) is 3.74. The first-order valence-corrected chi connectivity index (χ1v) is 10.7. The Balaban J connectivity index is 0.000000243. The van der Waals surface area contributed by atoms with E-state index in [4.69, 9.17) is 23.1 Å². The first-order chi connectivity index (χ1) is 15.8. The van der Waals surface area contributed by atoms with E-state index in [1.165, 1.54) is 17.4 Å². The van der Waals surface area contributed by atoms with Gasteiger partial charge in [-0.15, -0.1) is 0 Å². The lowest BCUT2D eigenvalue weighted by Crippen LogP contribution is -2.47. The second kappa shape index (κ2) is 9.33. The molecule has 1 aliphatic rings. The Morgan fingerprint density at radius 2 is 1.73 bits per heavy atom. The van der Waals surface area contributed by atoms with Crippen molar-refractivity contribution in [3.8, 4) is 0 Å². The van der Waals surface area contributed by atoms with Crippen molar-refractivity contribution in [2.45, 2.75) is 13.8 Å². The van der Waals surface area contributed by atoms with Gasteiger partial charge in [0.25, 0.3) is 5.91 Å². The molecule has 33 heavy (non-hydrogen) atoms. The highest BCUT2D eigenvalue weighted by atomic mass is 35.5. The molecule has 1 fully saturated rings. The number of H-pyrrole nitrogens is 2. The summed E-state index contributed by atoms with van der Waals surface area (Å²) in [6.45, 7) is 7.72. The molecule has 4 aromatic rings. The number of piperazine rings is 1. The molecule has 0 saturated carbocycles. The van der Waals surface area contributed by atoms with Crippen molar-refractivity contribution >= 4 is 45.9 Å². The molecule has 12 heteroatoms. The topological polar surface area (TPSA) is 159 Å². The predicted octanol–water partition coefficient (Wildman–Crippen LogP) is 2.04. The molecular weight excluding hydrogens is 444 g/mol. The van der Waals surface area contributed by atoms with E-state index in [2.05, 4.69) is 59.2 Å². The van der Waals surface area contributed by atoms with Gasteiger partial charge < -0.3 is 21.3 Å². The van der Waals surface area contributed by atoms with Crippen molar-refractivity contribution in [3.05, 3.63) is 52.6 Å². The van der Waals surface area contributed by atoms with E-state index in [0.717, 1.165) is 53.9 Å². The number of nitrogen functional groups attached to an aromatic ring is 1. The summed E-state index contributed by atoms with van der Waals surface area (Å²) in [5.41, 5.74) is 13.6. The molecule has 172 valence electrons. The van der Waals surface area contributed by atoms with Crippen molar-refractivity contribution in [3.63, 3.8) is 0 Å². The lowest BCUT2D eigenvalue weighted by molar-refractivity contribution is 0.100. The molecule has 11 nitrogen and oxygen atoms in total. The second-order valence-electron chi connectivity index (χ2n) is 7.69. The summed E-state index contributed by atoms with van der Waals surface area (Å²) in [7, 11) is 0. The molecule has 1 aliphatic heterocycles. The van der Waals surface area contributed by atoms with Crippen molar-refractivity contribution in [2.24, 2.45) is 5.73 Å². The van der Waals surface area contributed by atoms with Crippen LogP contribution in [0.25, 0.3) is 11.0 Å².